The number of carbonyl (C=O) groups is 1. The molecule has 1 aromatic carbocycles. The highest BCUT2D eigenvalue weighted by Crippen LogP contribution is 2.25. The second kappa shape index (κ2) is 4.49. The Kier molecular flexibility index (Phi) is 2.79. The molecule has 0 aliphatic rings. The standard InChI is InChI=1S/C16H14N2O2/c1-10-3-5-12(6-4-10)15-14-8-7-13(16(19)20)9-18(14)11(2)17-15/h3-9H,1-2H3,(H,19,20). The summed E-state index contributed by atoms with van der Waals surface area (Å²) in [5, 5.41) is 9.06. The molecule has 100 valence electrons. The molecule has 2 aromatic heterocycles. The van der Waals surface area contributed by atoms with Crippen LogP contribution in [-0.2, 0) is 0 Å². The van der Waals surface area contributed by atoms with Crippen LogP contribution in [0.2, 0.25) is 0 Å². The van der Waals surface area contributed by atoms with E-state index < -0.39 is 5.97 Å². The number of hydrogen-bond acceptors (Lipinski definition) is 2. The van der Waals surface area contributed by atoms with Gasteiger partial charge >= 0.3 is 5.97 Å². The molecule has 4 nitrogen and oxygen atoms in total. The Balaban J connectivity index is 2.22. The van der Waals surface area contributed by atoms with Crippen LogP contribution in [0.3, 0.4) is 0 Å². The maximum absolute atomic E-state index is 11.0. The van der Waals surface area contributed by atoms with Gasteiger partial charge in [0.05, 0.1) is 16.8 Å². The number of hydrogen-bond donors (Lipinski definition) is 1. The number of fused-ring (bicyclic) bond motifs is 1. The molecule has 1 N–H and O–H groups in total. The molecule has 0 saturated heterocycles. The lowest BCUT2D eigenvalue weighted by atomic mass is 10.1. The Hall–Kier alpha value is -2.62. The molecule has 0 bridgehead atoms. The van der Waals surface area contributed by atoms with Gasteiger partial charge in [-0.05, 0) is 26.0 Å². The van der Waals surface area contributed by atoms with Crippen molar-refractivity contribution in [2.45, 2.75) is 13.8 Å². The quantitative estimate of drug-likeness (QED) is 0.774. The van der Waals surface area contributed by atoms with Crippen molar-refractivity contribution in [1.29, 1.82) is 0 Å². The van der Waals surface area contributed by atoms with Gasteiger partial charge in [-0.15, -0.1) is 0 Å². The number of imidazole rings is 1. The normalized spacial score (nSPS) is 10.9. The number of benzene rings is 1. The maximum atomic E-state index is 11.0. The summed E-state index contributed by atoms with van der Waals surface area (Å²) < 4.78 is 1.82. The smallest absolute Gasteiger partial charge is 0.337 e. The molecule has 2 heterocycles. The summed E-state index contributed by atoms with van der Waals surface area (Å²) in [5.41, 5.74) is 4.27. The van der Waals surface area contributed by atoms with Crippen LogP contribution in [-0.4, -0.2) is 20.5 Å². The van der Waals surface area contributed by atoms with E-state index in [1.165, 1.54) is 5.56 Å². The van der Waals surface area contributed by atoms with Gasteiger partial charge in [0, 0.05) is 11.8 Å². The molecular weight excluding hydrogens is 252 g/mol. The largest absolute Gasteiger partial charge is 0.478 e. The van der Waals surface area contributed by atoms with Crippen molar-refractivity contribution in [1.82, 2.24) is 9.38 Å². The number of carboxylic acid groups (broad SMARTS) is 1. The maximum Gasteiger partial charge on any atom is 0.337 e. The highest BCUT2D eigenvalue weighted by atomic mass is 16.4. The number of aryl methyl sites for hydroxylation is 2. The van der Waals surface area contributed by atoms with Gasteiger partial charge in [-0.3, -0.25) is 0 Å². The van der Waals surface area contributed by atoms with Gasteiger partial charge in [-0.1, -0.05) is 29.8 Å². The minimum absolute atomic E-state index is 0.258. The minimum Gasteiger partial charge on any atom is -0.478 e. The van der Waals surface area contributed by atoms with E-state index in [1.807, 2.05) is 42.5 Å². The Labute approximate surface area is 116 Å². The molecule has 0 spiro atoms. The van der Waals surface area contributed by atoms with Gasteiger partial charge in [-0.25, -0.2) is 9.78 Å². The molecule has 3 aromatic rings. The van der Waals surface area contributed by atoms with Gasteiger partial charge in [0.25, 0.3) is 0 Å². The van der Waals surface area contributed by atoms with E-state index in [0.29, 0.717) is 0 Å². The molecule has 0 fully saturated rings. The van der Waals surface area contributed by atoms with Crippen molar-refractivity contribution < 1.29 is 9.90 Å². The van der Waals surface area contributed by atoms with Crippen LogP contribution in [0.5, 0.6) is 0 Å². The Morgan fingerprint density at radius 1 is 1.10 bits per heavy atom. The van der Waals surface area contributed by atoms with Crippen molar-refractivity contribution in [3.63, 3.8) is 0 Å². The summed E-state index contributed by atoms with van der Waals surface area (Å²) in [7, 11) is 0. The Morgan fingerprint density at radius 2 is 1.80 bits per heavy atom. The SMILES string of the molecule is Cc1ccc(-c2nc(C)n3cc(C(=O)O)ccc23)cc1. The summed E-state index contributed by atoms with van der Waals surface area (Å²) in [4.78, 5) is 15.6. The third-order valence-corrected chi connectivity index (χ3v) is 3.39. The number of nitrogens with zero attached hydrogens (tertiary/aromatic N) is 2. The summed E-state index contributed by atoms with van der Waals surface area (Å²) >= 11 is 0. The fraction of sp³-hybridized carbons (Fsp3) is 0.125. The van der Waals surface area contributed by atoms with Crippen LogP contribution < -0.4 is 0 Å². The van der Waals surface area contributed by atoms with Crippen LogP contribution in [0, 0.1) is 13.8 Å². The first-order valence-electron chi connectivity index (χ1n) is 6.35. The predicted molar refractivity (Wildman–Crippen MR) is 77.1 cm³/mol. The first kappa shape index (κ1) is 12.4. The zero-order valence-electron chi connectivity index (χ0n) is 11.3. The molecule has 0 aliphatic carbocycles. The molecule has 0 saturated carbocycles. The van der Waals surface area contributed by atoms with Crippen molar-refractivity contribution in [2.24, 2.45) is 0 Å². The van der Waals surface area contributed by atoms with Crippen LogP contribution >= 0.6 is 0 Å². The van der Waals surface area contributed by atoms with E-state index in [9.17, 15) is 4.79 Å². The average molecular weight is 266 g/mol. The molecule has 0 unspecified atom stereocenters. The highest BCUT2D eigenvalue weighted by molar-refractivity contribution is 5.89. The average Bonchev–Trinajstić information content (AvgIpc) is 2.76. The van der Waals surface area contributed by atoms with Crippen LogP contribution in [0.15, 0.2) is 42.6 Å². The van der Waals surface area contributed by atoms with Crippen molar-refractivity contribution in [3.05, 3.63) is 59.5 Å². The third kappa shape index (κ3) is 1.95. The second-order valence-electron chi connectivity index (χ2n) is 4.85. The molecule has 20 heavy (non-hydrogen) atoms. The highest BCUT2D eigenvalue weighted by Gasteiger charge is 2.12. The van der Waals surface area contributed by atoms with Gasteiger partial charge in [-0.2, -0.15) is 0 Å². The van der Waals surface area contributed by atoms with E-state index in [4.69, 9.17) is 5.11 Å². The van der Waals surface area contributed by atoms with E-state index >= 15 is 0 Å². The summed E-state index contributed by atoms with van der Waals surface area (Å²) in [6, 6.07) is 11.6. The zero-order chi connectivity index (χ0) is 14.3. The van der Waals surface area contributed by atoms with Gasteiger partial charge < -0.3 is 9.51 Å². The fourth-order valence-corrected chi connectivity index (χ4v) is 2.28. The Bertz CT molecular complexity index is 801. The number of carboxylic acids is 1. The van der Waals surface area contributed by atoms with Crippen LogP contribution in [0.25, 0.3) is 16.8 Å². The molecule has 0 aliphatic heterocycles. The fourth-order valence-electron chi connectivity index (χ4n) is 2.28. The number of aromatic nitrogens is 2. The molecule has 0 radical (unpaired) electrons. The lowest BCUT2D eigenvalue weighted by Gasteiger charge is -2.01. The van der Waals surface area contributed by atoms with Crippen molar-refractivity contribution >= 4 is 11.5 Å². The lowest BCUT2D eigenvalue weighted by molar-refractivity contribution is 0.0696. The first-order chi connectivity index (χ1) is 9.56. The van der Waals surface area contributed by atoms with Crippen molar-refractivity contribution in [2.75, 3.05) is 0 Å². The van der Waals surface area contributed by atoms with E-state index in [1.54, 1.807) is 18.3 Å². The molecule has 3 rings (SSSR count). The van der Waals surface area contributed by atoms with Gasteiger partial charge in [0.2, 0.25) is 0 Å². The molecule has 0 atom stereocenters. The second-order valence-corrected chi connectivity index (χ2v) is 4.85. The zero-order valence-corrected chi connectivity index (χ0v) is 11.3. The topological polar surface area (TPSA) is 54.6 Å². The predicted octanol–water partition coefficient (Wildman–Crippen LogP) is 3.32. The summed E-state index contributed by atoms with van der Waals surface area (Å²) in [5.74, 6) is -0.157. The molecular formula is C16H14N2O2. The van der Waals surface area contributed by atoms with E-state index in [-0.39, 0.29) is 5.56 Å². The number of pyridine rings is 1. The van der Waals surface area contributed by atoms with E-state index in [2.05, 4.69) is 4.98 Å². The van der Waals surface area contributed by atoms with Crippen LogP contribution in [0.1, 0.15) is 21.7 Å². The Morgan fingerprint density at radius 3 is 2.45 bits per heavy atom. The first-order valence-corrected chi connectivity index (χ1v) is 6.35. The van der Waals surface area contributed by atoms with Crippen molar-refractivity contribution in [3.8, 4) is 11.3 Å². The lowest BCUT2D eigenvalue weighted by Crippen LogP contribution is -1.99. The number of rotatable bonds is 2. The van der Waals surface area contributed by atoms with Gasteiger partial charge in [0.15, 0.2) is 0 Å². The minimum atomic E-state index is -0.933. The van der Waals surface area contributed by atoms with E-state index in [0.717, 1.165) is 22.6 Å². The summed E-state index contributed by atoms with van der Waals surface area (Å²) in [6.45, 7) is 3.91. The molecule has 0 amide bonds. The molecule has 4 heteroatoms. The summed E-state index contributed by atoms with van der Waals surface area (Å²) in [6.07, 6.45) is 1.61. The number of aromatic carboxylic acids is 1. The van der Waals surface area contributed by atoms with Crippen LogP contribution in [0.4, 0.5) is 0 Å². The monoisotopic (exact) mass is 266 g/mol. The van der Waals surface area contributed by atoms with Gasteiger partial charge in [0.1, 0.15) is 5.82 Å². The third-order valence-electron chi connectivity index (χ3n) is 3.39.